The van der Waals surface area contributed by atoms with E-state index in [0.29, 0.717) is 47.6 Å². The minimum Gasteiger partial charge on any atom is -0.489 e. The summed E-state index contributed by atoms with van der Waals surface area (Å²) in [5.74, 6) is 2.94. The van der Waals surface area contributed by atoms with Gasteiger partial charge in [0, 0.05) is 31.2 Å². The normalized spacial score (nSPS) is 17.1. The second-order valence-electron chi connectivity index (χ2n) is 9.37. The van der Waals surface area contributed by atoms with Crippen LogP contribution in [0.4, 0.5) is 4.79 Å². The second kappa shape index (κ2) is 9.84. The minimum atomic E-state index is -1.00. The summed E-state index contributed by atoms with van der Waals surface area (Å²) in [6.45, 7) is 5.91. The number of nitrogens with one attached hydrogen (secondary N) is 1. The van der Waals surface area contributed by atoms with Gasteiger partial charge in [0.05, 0.1) is 24.3 Å². The van der Waals surface area contributed by atoms with Crippen LogP contribution in [-0.4, -0.2) is 48.4 Å². The van der Waals surface area contributed by atoms with E-state index >= 15 is 0 Å². The van der Waals surface area contributed by atoms with E-state index in [-0.39, 0.29) is 17.6 Å². The number of carboxylic acid groups (broad SMARTS) is 1. The van der Waals surface area contributed by atoms with E-state index in [1.165, 1.54) is 0 Å². The number of ether oxygens (including phenoxy) is 2. The molecule has 11 nitrogen and oxygen atoms in total. The van der Waals surface area contributed by atoms with E-state index in [2.05, 4.69) is 44.3 Å². The molecular weight excluding hydrogens is 476 g/mol. The Bertz CT molecular complexity index is 1360. The zero-order valence-corrected chi connectivity index (χ0v) is 20.6. The number of benzene rings is 1. The van der Waals surface area contributed by atoms with Crippen LogP contribution in [0, 0.1) is 6.92 Å². The molecule has 0 saturated heterocycles. The summed E-state index contributed by atoms with van der Waals surface area (Å²) in [6, 6.07) is 11.6. The van der Waals surface area contributed by atoms with Crippen LogP contribution < -0.4 is 14.8 Å². The fourth-order valence-electron chi connectivity index (χ4n) is 4.06. The van der Waals surface area contributed by atoms with Gasteiger partial charge in [-0.1, -0.05) is 31.1 Å². The lowest BCUT2D eigenvalue weighted by atomic mass is 9.81. The van der Waals surface area contributed by atoms with Gasteiger partial charge in [0.1, 0.15) is 17.6 Å². The molecule has 0 bridgehead atoms. The predicted molar refractivity (Wildman–Crippen MR) is 132 cm³/mol. The molecule has 0 atom stereocenters. The molecule has 0 spiro atoms. The van der Waals surface area contributed by atoms with E-state index in [1.807, 2.05) is 36.4 Å². The zero-order chi connectivity index (χ0) is 26.0. The Balaban J connectivity index is 1.19. The van der Waals surface area contributed by atoms with Crippen LogP contribution in [-0.2, 0) is 5.41 Å². The topological polar surface area (TPSA) is 145 Å². The van der Waals surface area contributed by atoms with E-state index in [4.69, 9.17) is 19.1 Å². The molecule has 0 aliphatic heterocycles. The van der Waals surface area contributed by atoms with E-state index in [1.54, 1.807) is 25.5 Å². The van der Waals surface area contributed by atoms with Gasteiger partial charge in [0.2, 0.25) is 17.5 Å². The van der Waals surface area contributed by atoms with Crippen molar-refractivity contribution in [2.45, 2.75) is 51.2 Å². The highest BCUT2D eigenvalue weighted by Gasteiger charge is 2.32. The zero-order valence-electron chi connectivity index (χ0n) is 20.6. The largest absolute Gasteiger partial charge is 0.489 e. The van der Waals surface area contributed by atoms with Crippen molar-refractivity contribution in [3.63, 3.8) is 0 Å². The molecule has 1 aliphatic rings. The van der Waals surface area contributed by atoms with Crippen molar-refractivity contribution in [2.75, 3.05) is 0 Å². The van der Waals surface area contributed by atoms with E-state index in [0.717, 1.165) is 11.3 Å². The summed E-state index contributed by atoms with van der Waals surface area (Å²) >= 11 is 0. The minimum absolute atomic E-state index is 0.00478. The van der Waals surface area contributed by atoms with Crippen LogP contribution in [0.1, 0.15) is 43.8 Å². The molecular formula is C26H26N6O5. The smallest absolute Gasteiger partial charge is 0.404 e. The van der Waals surface area contributed by atoms with Gasteiger partial charge in [-0.3, -0.25) is 4.98 Å². The fourth-order valence-corrected chi connectivity index (χ4v) is 4.06. The highest BCUT2D eigenvalue weighted by atomic mass is 16.5. The molecule has 5 rings (SSSR count). The van der Waals surface area contributed by atoms with E-state index < -0.39 is 6.09 Å². The standard InChI is InChI=1S/C26H26N6O5/c1-15-30-24(32-37-15)23-28-13-21(14-29-23)35-18-6-4-16(5-7-18)26(2,3)22-9-8-19(12-27-22)36-20-10-17(11-20)31-25(33)34/h4-9,12-14,17,20,31H,10-11H2,1-3H3,(H,33,34). The monoisotopic (exact) mass is 502 g/mol. The molecule has 4 aromatic rings. The van der Waals surface area contributed by atoms with Gasteiger partial charge in [0.25, 0.3) is 0 Å². The molecule has 1 saturated carbocycles. The summed E-state index contributed by atoms with van der Waals surface area (Å²) in [6.07, 6.45) is 5.14. The van der Waals surface area contributed by atoms with Crippen molar-refractivity contribution in [1.82, 2.24) is 30.4 Å². The maximum absolute atomic E-state index is 10.7. The Hall–Kier alpha value is -4.54. The number of nitrogens with zero attached hydrogens (tertiary/aromatic N) is 5. The van der Waals surface area contributed by atoms with Crippen molar-refractivity contribution in [1.29, 1.82) is 0 Å². The third kappa shape index (κ3) is 5.50. The third-order valence-electron chi connectivity index (χ3n) is 6.27. The lowest BCUT2D eigenvalue weighted by Gasteiger charge is -2.35. The summed E-state index contributed by atoms with van der Waals surface area (Å²) in [5, 5.41) is 15.0. The van der Waals surface area contributed by atoms with Gasteiger partial charge in [0.15, 0.2) is 5.75 Å². The van der Waals surface area contributed by atoms with Gasteiger partial charge >= 0.3 is 6.09 Å². The molecule has 1 amide bonds. The van der Waals surface area contributed by atoms with Crippen molar-refractivity contribution < 1.29 is 23.9 Å². The predicted octanol–water partition coefficient (Wildman–Crippen LogP) is 4.53. The molecule has 1 fully saturated rings. The Kier molecular flexibility index (Phi) is 6.43. The Morgan fingerprint density at radius 1 is 0.973 bits per heavy atom. The first kappa shape index (κ1) is 24.2. The fraction of sp³-hybridized carbons (Fsp3) is 0.308. The SMILES string of the molecule is Cc1nc(-c2ncc(Oc3ccc(C(C)(C)c4ccc(OC5CC(NC(=O)O)C5)cn4)cc3)cn2)no1. The number of rotatable bonds is 8. The Morgan fingerprint density at radius 2 is 1.65 bits per heavy atom. The maximum atomic E-state index is 10.7. The van der Waals surface area contributed by atoms with Crippen molar-refractivity contribution in [3.8, 4) is 28.9 Å². The molecule has 3 heterocycles. The summed E-state index contributed by atoms with van der Waals surface area (Å²) < 4.78 is 16.8. The van der Waals surface area contributed by atoms with Gasteiger partial charge in [-0.2, -0.15) is 4.98 Å². The van der Waals surface area contributed by atoms with Crippen LogP contribution in [0.2, 0.25) is 0 Å². The number of hydrogen-bond donors (Lipinski definition) is 2. The average molecular weight is 503 g/mol. The highest BCUT2D eigenvalue weighted by Crippen LogP contribution is 2.33. The molecule has 0 unspecified atom stereocenters. The quantitative estimate of drug-likeness (QED) is 0.352. The van der Waals surface area contributed by atoms with Gasteiger partial charge in [-0.25, -0.2) is 14.8 Å². The molecule has 37 heavy (non-hydrogen) atoms. The lowest BCUT2D eigenvalue weighted by Crippen LogP contribution is -2.48. The van der Waals surface area contributed by atoms with Gasteiger partial charge in [-0.15, -0.1) is 0 Å². The molecule has 11 heteroatoms. The molecule has 3 aromatic heterocycles. The number of hydrogen-bond acceptors (Lipinski definition) is 9. The van der Waals surface area contributed by atoms with Gasteiger partial charge < -0.3 is 24.4 Å². The third-order valence-corrected chi connectivity index (χ3v) is 6.27. The average Bonchev–Trinajstić information content (AvgIpc) is 3.30. The van der Waals surface area contributed by atoms with Crippen LogP contribution >= 0.6 is 0 Å². The van der Waals surface area contributed by atoms with Crippen LogP contribution in [0.25, 0.3) is 11.6 Å². The van der Waals surface area contributed by atoms with Crippen molar-refractivity contribution in [2.24, 2.45) is 0 Å². The lowest BCUT2D eigenvalue weighted by molar-refractivity contribution is 0.0830. The number of aryl methyl sites for hydroxylation is 1. The first-order valence-electron chi connectivity index (χ1n) is 11.8. The van der Waals surface area contributed by atoms with Crippen LogP contribution in [0.3, 0.4) is 0 Å². The van der Waals surface area contributed by atoms with Crippen LogP contribution in [0.5, 0.6) is 17.2 Å². The molecule has 1 aliphatic carbocycles. The first-order valence-corrected chi connectivity index (χ1v) is 11.8. The Labute approximate surface area is 212 Å². The van der Waals surface area contributed by atoms with Crippen LogP contribution in [0.15, 0.2) is 59.5 Å². The maximum Gasteiger partial charge on any atom is 0.404 e. The molecule has 0 radical (unpaired) electrons. The highest BCUT2D eigenvalue weighted by molar-refractivity contribution is 5.65. The molecule has 2 N–H and O–H groups in total. The second-order valence-corrected chi connectivity index (χ2v) is 9.37. The van der Waals surface area contributed by atoms with Gasteiger partial charge in [-0.05, 0) is 29.8 Å². The first-order chi connectivity index (χ1) is 17.8. The van der Waals surface area contributed by atoms with Crippen molar-refractivity contribution >= 4 is 6.09 Å². The Morgan fingerprint density at radius 3 is 2.24 bits per heavy atom. The summed E-state index contributed by atoms with van der Waals surface area (Å²) in [5.41, 5.74) is 1.62. The number of pyridine rings is 1. The number of aromatic nitrogens is 5. The summed E-state index contributed by atoms with van der Waals surface area (Å²) in [4.78, 5) is 27.9. The molecule has 1 aromatic carbocycles. The van der Waals surface area contributed by atoms with E-state index in [9.17, 15) is 4.79 Å². The summed E-state index contributed by atoms with van der Waals surface area (Å²) in [7, 11) is 0. The van der Waals surface area contributed by atoms with Crippen molar-refractivity contribution in [3.05, 3.63) is 72.1 Å². The molecule has 190 valence electrons. The number of carbonyl (C=O) groups is 1. The number of amides is 1.